The van der Waals surface area contributed by atoms with Crippen LogP contribution in [0.25, 0.3) is 0 Å². The van der Waals surface area contributed by atoms with Crippen LogP contribution in [-0.4, -0.2) is 11.9 Å². The third-order valence-corrected chi connectivity index (χ3v) is 2.23. The fraction of sp³-hybridized carbons (Fsp3) is 0.900. The summed E-state index contributed by atoms with van der Waals surface area (Å²) in [4.78, 5) is 4.38. The molecular weight excluding hydrogens is 148 g/mol. The summed E-state index contributed by atoms with van der Waals surface area (Å²) >= 11 is 0. The number of amidine groups is 1. The molecule has 2 nitrogen and oxygen atoms in total. The van der Waals surface area contributed by atoms with E-state index in [1.807, 2.05) is 0 Å². The number of hydrogen-bond donors (Lipinski definition) is 1. The Morgan fingerprint density at radius 1 is 1.25 bits per heavy atom. The third-order valence-electron chi connectivity index (χ3n) is 2.23. The maximum atomic E-state index is 5.78. The lowest BCUT2D eigenvalue weighted by Gasteiger charge is -2.09. The molecule has 2 N–H and O–H groups in total. The first kappa shape index (κ1) is 11.5. The summed E-state index contributed by atoms with van der Waals surface area (Å²) in [5.41, 5.74) is 5.78. The summed E-state index contributed by atoms with van der Waals surface area (Å²) in [7, 11) is 0. The molecule has 0 bridgehead atoms. The molecule has 0 aliphatic heterocycles. The summed E-state index contributed by atoms with van der Waals surface area (Å²) in [6.45, 7) is 8.62. The molecule has 0 aliphatic carbocycles. The van der Waals surface area contributed by atoms with Crippen LogP contribution in [-0.2, 0) is 0 Å². The number of rotatable bonds is 5. The highest BCUT2D eigenvalue weighted by atomic mass is 14.9. The van der Waals surface area contributed by atoms with Crippen LogP contribution in [0.15, 0.2) is 4.99 Å². The molecule has 0 saturated heterocycles. The highest BCUT2D eigenvalue weighted by Crippen LogP contribution is 2.06. The summed E-state index contributed by atoms with van der Waals surface area (Å²) in [5.74, 6) is 1.48. The van der Waals surface area contributed by atoms with E-state index in [1.165, 1.54) is 6.42 Å². The van der Waals surface area contributed by atoms with Crippen molar-refractivity contribution in [2.24, 2.45) is 16.6 Å². The molecule has 0 fully saturated rings. The number of nitrogens with two attached hydrogens (primary N) is 1. The maximum absolute atomic E-state index is 5.78. The van der Waals surface area contributed by atoms with Gasteiger partial charge in [-0.1, -0.05) is 27.2 Å². The molecule has 72 valence electrons. The molecule has 2 heteroatoms. The van der Waals surface area contributed by atoms with E-state index in [2.05, 4.69) is 32.7 Å². The molecule has 0 spiro atoms. The molecule has 0 aliphatic rings. The average Bonchev–Trinajstić information content (AvgIpc) is 2.03. The van der Waals surface area contributed by atoms with Gasteiger partial charge in [0, 0.05) is 12.5 Å². The van der Waals surface area contributed by atoms with Crippen LogP contribution in [0.5, 0.6) is 0 Å². The Labute approximate surface area is 76.3 Å². The fourth-order valence-electron chi connectivity index (χ4n) is 0.928. The van der Waals surface area contributed by atoms with Gasteiger partial charge < -0.3 is 5.73 Å². The summed E-state index contributed by atoms with van der Waals surface area (Å²) in [6, 6.07) is 0.383. The van der Waals surface area contributed by atoms with Gasteiger partial charge >= 0.3 is 0 Å². The molecule has 12 heavy (non-hydrogen) atoms. The topological polar surface area (TPSA) is 38.4 Å². The van der Waals surface area contributed by atoms with Gasteiger partial charge in [0.2, 0.25) is 0 Å². The van der Waals surface area contributed by atoms with Crippen LogP contribution in [0, 0.1) is 5.92 Å². The molecule has 0 rings (SSSR count). The van der Waals surface area contributed by atoms with E-state index in [9.17, 15) is 0 Å². The molecule has 0 amide bonds. The molecule has 0 saturated carbocycles. The molecule has 0 aromatic heterocycles. The van der Waals surface area contributed by atoms with E-state index < -0.39 is 0 Å². The zero-order valence-electron chi connectivity index (χ0n) is 8.80. The lowest BCUT2D eigenvalue weighted by Crippen LogP contribution is -2.17. The molecule has 0 aromatic rings. The van der Waals surface area contributed by atoms with Crippen LogP contribution >= 0.6 is 0 Å². The second-order valence-corrected chi connectivity index (χ2v) is 3.60. The second-order valence-electron chi connectivity index (χ2n) is 3.60. The molecule has 0 aromatic carbocycles. The van der Waals surface area contributed by atoms with E-state index in [0.717, 1.165) is 18.7 Å². The highest BCUT2D eigenvalue weighted by Gasteiger charge is 2.02. The molecule has 2 unspecified atom stereocenters. The molecule has 0 heterocycles. The molecular formula is C10H22N2. The van der Waals surface area contributed by atoms with Gasteiger partial charge in [-0.25, -0.2) is 0 Å². The predicted molar refractivity (Wildman–Crippen MR) is 55.4 cm³/mol. The van der Waals surface area contributed by atoms with Gasteiger partial charge in [-0.15, -0.1) is 0 Å². The fourth-order valence-corrected chi connectivity index (χ4v) is 0.928. The zero-order valence-corrected chi connectivity index (χ0v) is 8.80. The highest BCUT2D eigenvalue weighted by molar-refractivity contribution is 5.80. The van der Waals surface area contributed by atoms with Crippen LogP contribution in [0.3, 0.4) is 0 Å². The van der Waals surface area contributed by atoms with Gasteiger partial charge in [-0.3, -0.25) is 4.99 Å². The van der Waals surface area contributed by atoms with Gasteiger partial charge in [-0.2, -0.15) is 0 Å². The van der Waals surface area contributed by atoms with Gasteiger partial charge in [-0.05, 0) is 19.3 Å². The van der Waals surface area contributed by atoms with E-state index in [-0.39, 0.29) is 0 Å². The van der Waals surface area contributed by atoms with Crippen molar-refractivity contribution >= 4 is 5.84 Å². The maximum Gasteiger partial charge on any atom is 0.0943 e. The standard InChI is InChI=1S/C10H22N2/c1-5-8(3)7-10(11)12-9(4)6-2/h8-9H,5-7H2,1-4H3,(H2,11,12). The Bertz CT molecular complexity index is 141. The smallest absolute Gasteiger partial charge is 0.0943 e. The average molecular weight is 170 g/mol. The summed E-state index contributed by atoms with van der Waals surface area (Å²) in [6.07, 6.45) is 3.19. The first-order valence-electron chi connectivity index (χ1n) is 4.92. The van der Waals surface area contributed by atoms with Crippen molar-refractivity contribution < 1.29 is 0 Å². The number of nitrogens with zero attached hydrogens (tertiary/aromatic N) is 1. The third kappa shape index (κ3) is 5.16. The van der Waals surface area contributed by atoms with E-state index in [0.29, 0.717) is 12.0 Å². The molecule has 2 atom stereocenters. The Morgan fingerprint density at radius 2 is 1.83 bits per heavy atom. The van der Waals surface area contributed by atoms with E-state index in [4.69, 9.17) is 5.73 Å². The first-order valence-corrected chi connectivity index (χ1v) is 4.92. The van der Waals surface area contributed by atoms with Crippen molar-refractivity contribution in [2.45, 2.75) is 53.0 Å². The van der Waals surface area contributed by atoms with Gasteiger partial charge in [0.05, 0.1) is 5.84 Å². The van der Waals surface area contributed by atoms with Crippen molar-refractivity contribution in [3.05, 3.63) is 0 Å². The summed E-state index contributed by atoms with van der Waals surface area (Å²) in [5, 5.41) is 0. The minimum Gasteiger partial charge on any atom is -0.387 e. The Balaban J connectivity index is 3.84. The Hall–Kier alpha value is -0.530. The number of hydrogen-bond acceptors (Lipinski definition) is 1. The zero-order chi connectivity index (χ0) is 9.56. The van der Waals surface area contributed by atoms with Crippen molar-refractivity contribution in [3.63, 3.8) is 0 Å². The Morgan fingerprint density at radius 3 is 2.25 bits per heavy atom. The SMILES string of the molecule is CCC(C)CC(N)=NC(C)CC. The number of aliphatic imine (C=N–C) groups is 1. The minimum absolute atomic E-state index is 0.383. The molecule has 0 radical (unpaired) electrons. The Kier molecular flexibility index (Phi) is 5.77. The van der Waals surface area contributed by atoms with Gasteiger partial charge in [0.1, 0.15) is 0 Å². The monoisotopic (exact) mass is 170 g/mol. The van der Waals surface area contributed by atoms with Crippen LogP contribution in [0.1, 0.15) is 47.0 Å². The van der Waals surface area contributed by atoms with Gasteiger partial charge in [0.15, 0.2) is 0 Å². The van der Waals surface area contributed by atoms with E-state index in [1.54, 1.807) is 0 Å². The van der Waals surface area contributed by atoms with Gasteiger partial charge in [0.25, 0.3) is 0 Å². The lowest BCUT2D eigenvalue weighted by molar-refractivity contribution is 0.580. The van der Waals surface area contributed by atoms with Crippen molar-refractivity contribution in [2.75, 3.05) is 0 Å². The van der Waals surface area contributed by atoms with Crippen LogP contribution in [0.2, 0.25) is 0 Å². The quantitative estimate of drug-likeness (QED) is 0.500. The van der Waals surface area contributed by atoms with Crippen molar-refractivity contribution in [3.8, 4) is 0 Å². The predicted octanol–water partition coefficient (Wildman–Crippen LogP) is 2.58. The lowest BCUT2D eigenvalue weighted by atomic mass is 10.0. The minimum atomic E-state index is 0.383. The van der Waals surface area contributed by atoms with Crippen LogP contribution < -0.4 is 5.73 Å². The van der Waals surface area contributed by atoms with Crippen LogP contribution in [0.4, 0.5) is 0 Å². The normalized spacial score (nSPS) is 17.5. The largest absolute Gasteiger partial charge is 0.387 e. The van der Waals surface area contributed by atoms with Crippen molar-refractivity contribution in [1.82, 2.24) is 0 Å². The van der Waals surface area contributed by atoms with E-state index >= 15 is 0 Å². The first-order chi connectivity index (χ1) is 5.60. The van der Waals surface area contributed by atoms with Crippen molar-refractivity contribution in [1.29, 1.82) is 0 Å². The summed E-state index contributed by atoms with van der Waals surface area (Å²) < 4.78 is 0. The second kappa shape index (κ2) is 6.04.